The van der Waals surface area contributed by atoms with Gasteiger partial charge in [-0.25, -0.2) is 8.78 Å². The Hall–Kier alpha value is -3.25. The second kappa shape index (κ2) is 9.18. The number of alkyl halides is 5. The second-order valence-electron chi connectivity index (χ2n) is 7.77. The minimum Gasteiger partial charge on any atom is -0.429 e. The van der Waals surface area contributed by atoms with E-state index in [1.54, 1.807) is 12.1 Å². The molecule has 9 heteroatoms. The maximum atomic E-state index is 14.8. The van der Waals surface area contributed by atoms with Crippen LogP contribution in [0.4, 0.5) is 30.7 Å². The Morgan fingerprint density at radius 2 is 1.65 bits per heavy atom. The number of ether oxygens (including phenoxy) is 2. The molecule has 0 radical (unpaired) electrons. The molecule has 34 heavy (non-hydrogen) atoms. The van der Waals surface area contributed by atoms with Gasteiger partial charge in [-0.2, -0.15) is 22.0 Å². The van der Waals surface area contributed by atoms with Crippen molar-refractivity contribution in [1.29, 1.82) is 0 Å². The van der Waals surface area contributed by atoms with Crippen molar-refractivity contribution in [3.05, 3.63) is 76.9 Å². The van der Waals surface area contributed by atoms with Gasteiger partial charge in [0.05, 0.1) is 17.2 Å². The zero-order chi connectivity index (χ0) is 24.5. The highest BCUT2D eigenvalue weighted by molar-refractivity contribution is 5.85. The first-order valence-corrected chi connectivity index (χ1v) is 10.3. The van der Waals surface area contributed by atoms with Crippen LogP contribution in [0.1, 0.15) is 42.1 Å². The van der Waals surface area contributed by atoms with Crippen LogP contribution in [0.25, 0.3) is 10.8 Å². The first-order chi connectivity index (χ1) is 16.0. The predicted molar refractivity (Wildman–Crippen MR) is 110 cm³/mol. The van der Waals surface area contributed by atoms with Crippen LogP contribution in [-0.2, 0) is 10.8 Å². The van der Waals surface area contributed by atoms with E-state index in [9.17, 15) is 30.7 Å². The quantitative estimate of drug-likeness (QED) is 0.285. The number of fused-ring (bicyclic) bond motifs is 1. The van der Waals surface area contributed by atoms with E-state index in [1.807, 2.05) is 0 Å². The molecule has 178 valence electrons. The third-order valence-corrected chi connectivity index (χ3v) is 5.37. The van der Waals surface area contributed by atoms with E-state index in [4.69, 9.17) is 9.47 Å². The number of hydrogen-bond donors (Lipinski definition) is 0. The van der Waals surface area contributed by atoms with Crippen molar-refractivity contribution >= 4 is 10.8 Å². The van der Waals surface area contributed by atoms with Crippen LogP contribution >= 0.6 is 0 Å². The lowest BCUT2D eigenvalue weighted by Gasteiger charge is -2.23. The zero-order valence-electron chi connectivity index (χ0n) is 17.5. The third-order valence-electron chi connectivity index (χ3n) is 5.37. The van der Waals surface area contributed by atoms with Gasteiger partial charge in [0.2, 0.25) is 0 Å². The summed E-state index contributed by atoms with van der Waals surface area (Å²) in [6, 6.07) is 9.27. The summed E-state index contributed by atoms with van der Waals surface area (Å²) in [7, 11) is 0. The van der Waals surface area contributed by atoms with Crippen molar-refractivity contribution in [3.63, 3.8) is 0 Å². The molecule has 0 saturated carbocycles. The molecule has 1 aliphatic heterocycles. The summed E-state index contributed by atoms with van der Waals surface area (Å²) >= 11 is 0. The average molecular weight is 482 g/mol. The first-order valence-electron chi connectivity index (χ1n) is 10.3. The van der Waals surface area contributed by atoms with Gasteiger partial charge in [0.25, 0.3) is 0 Å². The van der Waals surface area contributed by atoms with E-state index in [0.717, 1.165) is 48.9 Å². The SMILES string of the molecule is Fc1cc2cc(C(F)(F)Oc3ccc(C4CCCCO4)cc3)ccc2c(F)c1C#CC(F)(F)F. The molecule has 1 aliphatic rings. The Morgan fingerprint density at radius 1 is 0.912 bits per heavy atom. The van der Waals surface area contributed by atoms with Crippen molar-refractivity contribution in [2.75, 3.05) is 6.61 Å². The monoisotopic (exact) mass is 482 g/mol. The Bertz CT molecular complexity index is 1250. The van der Waals surface area contributed by atoms with Gasteiger partial charge in [-0.05, 0) is 60.5 Å². The highest BCUT2D eigenvalue weighted by Gasteiger charge is 2.35. The molecule has 1 atom stereocenters. The van der Waals surface area contributed by atoms with E-state index in [0.29, 0.717) is 12.7 Å². The molecule has 2 nitrogen and oxygen atoms in total. The fourth-order valence-electron chi connectivity index (χ4n) is 3.72. The number of benzene rings is 3. The lowest BCUT2D eigenvalue weighted by molar-refractivity contribution is -0.185. The minimum absolute atomic E-state index is 0.0979. The van der Waals surface area contributed by atoms with Gasteiger partial charge < -0.3 is 9.47 Å². The summed E-state index contributed by atoms with van der Waals surface area (Å²) in [5.41, 5.74) is -0.938. The van der Waals surface area contributed by atoms with Gasteiger partial charge in [0.1, 0.15) is 17.4 Å². The van der Waals surface area contributed by atoms with E-state index in [2.05, 4.69) is 0 Å². The maximum absolute atomic E-state index is 14.8. The molecule has 0 aliphatic carbocycles. The summed E-state index contributed by atoms with van der Waals surface area (Å²) in [6.45, 7) is 0.639. The van der Waals surface area contributed by atoms with Gasteiger partial charge in [-0.1, -0.05) is 24.1 Å². The normalized spacial score (nSPS) is 16.7. The smallest absolute Gasteiger partial charge is 0.429 e. The van der Waals surface area contributed by atoms with Crippen molar-refractivity contribution < 1.29 is 40.2 Å². The summed E-state index contributed by atoms with van der Waals surface area (Å²) < 4.78 is 106. The van der Waals surface area contributed by atoms with E-state index >= 15 is 0 Å². The molecule has 1 saturated heterocycles. The highest BCUT2D eigenvalue weighted by atomic mass is 19.4. The van der Waals surface area contributed by atoms with Crippen molar-refractivity contribution in [3.8, 4) is 17.6 Å². The van der Waals surface area contributed by atoms with Crippen molar-refractivity contribution in [2.45, 2.75) is 37.7 Å². The summed E-state index contributed by atoms with van der Waals surface area (Å²) in [5, 5.41) is -0.637. The molecule has 3 aromatic rings. The Morgan fingerprint density at radius 3 is 2.29 bits per heavy atom. The number of rotatable bonds is 4. The van der Waals surface area contributed by atoms with E-state index < -0.39 is 35.0 Å². The molecule has 0 spiro atoms. The predicted octanol–water partition coefficient (Wildman–Crippen LogP) is 7.40. The van der Waals surface area contributed by atoms with Gasteiger partial charge in [0.15, 0.2) is 0 Å². The van der Waals surface area contributed by atoms with Crippen LogP contribution in [0.5, 0.6) is 5.75 Å². The van der Waals surface area contributed by atoms with Crippen LogP contribution in [0.15, 0.2) is 48.5 Å². The molecule has 0 amide bonds. The fourth-order valence-corrected chi connectivity index (χ4v) is 3.72. The van der Waals surface area contributed by atoms with Gasteiger partial charge >= 0.3 is 12.3 Å². The highest BCUT2D eigenvalue weighted by Crippen LogP contribution is 2.36. The summed E-state index contributed by atoms with van der Waals surface area (Å²) in [4.78, 5) is 0. The Balaban J connectivity index is 1.59. The number of halogens is 7. The fraction of sp³-hybridized carbons (Fsp3) is 0.280. The largest absolute Gasteiger partial charge is 0.458 e. The minimum atomic E-state index is -4.95. The molecule has 4 rings (SSSR count). The van der Waals surface area contributed by atoms with Crippen LogP contribution in [0, 0.1) is 23.5 Å². The molecule has 1 unspecified atom stereocenters. The zero-order valence-corrected chi connectivity index (χ0v) is 17.5. The van der Waals surface area contributed by atoms with Gasteiger partial charge in [-0.3, -0.25) is 0 Å². The molecule has 1 fully saturated rings. The first kappa shape index (κ1) is 23.9. The van der Waals surface area contributed by atoms with Crippen LogP contribution in [-0.4, -0.2) is 12.8 Å². The topological polar surface area (TPSA) is 18.5 Å². The molecule has 3 aromatic carbocycles. The van der Waals surface area contributed by atoms with Crippen LogP contribution in [0.2, 0.25) is 0 Å². The second-order valence-corrected chi connectivity index (χ2v) is 7.77. The maximum Gasteiger partial charge on any atom is 0.458 e. The van der Waals surface area contributed by atoms with Crippen LogP contribution < -0.4 is 4.74 Å². The van der Waals surface area contributed by atoms with Gasteiger partial charge in [0, 0.05) is 17.9 Å². The molecule has 1 heterocycles. The lowest BCUT2D eigenvalue weighted by atomic mass is 10.0. The van der Waals surface area contributed by atoms with Crippen molar-refractivity contribution in [2.24, 2.45) is 0 Å². The number of hydrogen-bond acceptors (Lipinski definition) is 2. The molecule has 0 aromatic heterocycles. The Labute approximate surface area is 190 Å². The van der Waals surface area contributed by atoms with E-state index in [-0.39, 0.29) is 22.6 Å². The third kappa shape index (κ3) is 5.28. The van der Waals surface area contributed by atoms with Gasteiger partial charge in [-0.15, -0.1) is 0 Å². The summed E-state index contributed by atoms with van der Waals surface area (Å²) in [6.07, 6.45) is -6.06. The molecule has 0 N–H and O–H groups in total. The lowest BCUT2D eigenvalue weighted by Crippen LogP contribution is -2.22. The van der Waals surface area contributed by atoms with E-state index in [1.165, 1.54) is 18.1 Å². The molecule has 0 bridgehead atoms. The Kier molecular flexibility index (Phi) is 6.45. The summed E-state index contributed by atoms with van der Waals surface area (Å²) in [5.74, 6) is -0.690. The average Bonchev–Trinajstić information content (AvgIpc) is 2.78. The molecular weight excluding hydrogens is 465 g/mol. The standard InChI is InChI=1S/C25H17F7O2/c26-21-14-16-13-17(6-9-19(16)23(27)20(21)10-11-24(28,29)30)25(31,32)34-18-7-4-15(5-8-18)22-3-1-2-12-33-22/h4-9,13-14,22H,1-3,12H2. The van der Waals surface area contributed by atoms with Crippen molar-refractivity contribution in [1.82, 2.24) is 0 Å². The molecular formula is C25H17F7O2. The van der Waals surface area contributed by atoms with Crippen LogP contribution in [0.3, 0.4) is 0 Å².